The van der Waals surface area contributed by atoms with E-state index in [1.807, 2.05) is 0 Å². The van der Waals surface area contributed by atoms with E-state index in [0.29, 0.717) is 18.3 Å². The summed E-state index contributed by atoms with van der Waals surface area (Å²) in [5, 5.41) is 4.29. The molecule has 1 aliphatic heterocycles. The van der Waals surface area contributed by atoms with Crippen LogP contribution in [0.25, 0.3) is 0 Å². The largest absolute Gasteiger partial charge is 0.379 e. The number of ether oxygens (including phenoxy) is 2. The van der Waals surface area contributed by atoms with Gasteiger partial charge in [0.2, 0.25) is 0 Å². The van der Waals surface area contributed by atoms with Crippen LogP contribution in [0.5, 0.6) is 0 Å². The van der Waals surface area contributed by atoms with Gasteiger partial charge >= 0.3 is 0 Å². The van der Waals surface area contributed by atoms with Crippen LogP contribution >= 0.6 is 0 Å². The summed E-state index contributed by atoms with van der Waals surface area (Å²) in [7, 11) is -2.24. The second-order valence-corrected chi connectivity index (χ2v) is 11.6. The third-order valence-corrected chi connectivity index (χ3v) is 10.9. The van der Waals surface area contributed by atoms with Gasteiger partial charge in [-0.1, -0.05) is 97.9 Å². The highest BCUT2D eigenvalue weighted by Gasteiger charge is 2.44. The van der Waals surface area contributed by atoms with Crippen LogP contribution in [0.1, 0.15) is 6.92 Å². The fraction of sp³-hybridized carbons (Fsp3) is 0.250. The maximum Gasteiger partial charge on any atom is 0.153 e. The van der Waals surface area contributed by atoms with Crippen LogP contribution in [-0.2, 0) is 9.47 Å². The van der Waals surface area contributed by atoms with Gasteiger partial charge in [-0.3, -0.25) is 0 Å². The summed E-state index contributed by atoms with van der Waals surface area (Å²) in [6.07, 6.45) is 0.304. The lowest BCUT2D eigenvalue weighted by Crippen LogP contribution is -2.70. The first-order chi connectivity index (χ1) is 13.3. The van der Waals surface area contributed by atoms with Crippen molar-refractivity contribution in [3.05, 3.63) is 91.0 Å². The molecule has 3 aromatic carbocycles. The molecule has 1 fully saturated rings. The minimum Gasteiger partial charge on any atom is -0.379 e. The normalized spacial score (nSPS) is 17.4. The predicted molar refractivity (Wildman–Crippen MR) is 114 cm³/mol. The number of rotatable bonds is 8. The summed E-state index contributed by atoms with van der Waals surface area (Å²) < 4.78 is 11.4. The number of benzene rings is 3. The second-order valence-electron chi connectivity index (χ2n) is 7.30. The smallest absolute Gasteiger partial charge is 0.153 e. The van der Waals surface area contributed by atoms with Crippen LogP contribution in [0.2, 0.25) is 5.54 Å². The van der Waals surface area contributed by atoms with Gasteiger partial charge < -0.3 is 9.47 Å². The van der Waals surface area contributed by atoms with E-state index in [4.69, 9.17) is 9.47 Å². The number of epoxide rings is 1. The van der Waals surface area contributed by atoms with Crippen LogP contribution in [0.4, 0.5) is 0 Å². The average Bonchev–Trinajstić information content (AvgIpc) is 3.56. The highest BCUT2D eigenvalue weighted by molar-refractivity contribution is 7.12. The van der Waals surface area contributed by atoms with Crippen molar-refractivity contribution < 1.29 is 9.47 Å². The summed E-state index contributed by atoms with van der Waals surface area (Å²) in [5.74, 6) is 0. The zero-order valence-electron chi connectivity index (χ0n) is 15.8. The van der Waals surface area contributed by atoms with Crippen molar-refractivity contribution in [2.75, 3.05) is 19.8 Å². The molecule has 0 amide bonds. The maximum atomic E-state index is 6.10. The lowest BCUT2D eigenvalue weighted by Gasteiger charge is -2.39. The van der Waals surface area contributed by atoms with Crippen molar-refractivity contribution in [3.8, 4) is 0 Å². The van der Waals surface area contributed by atoms with Crippen LogP contribution in [0.15, 0.2) is 91.0 Å². The van der Waals surface area contributed by atoms with Gasteiger partial charge in [-0.05, 0) is 21.1 Å². The zero-order chi connectivity index (χ0) is 18.5. The van der Waals surface area contributed by atoms with Gasteiger partial charge in [0, 0.05) is 6.61 Å². The van der Waals surface area contributed by atoms with E-state index < -0.39 is 8.07 Å². The van der Waals surface area contributed by atoms with E-state index in [2.05, 4.69) is 97.9 Å². The first kappa shape index (κ1) is 18.2. The Hall–Kier alpha value is -2.20. The molecule has 0 N–H and O–H groups in total. The Labute approximate surface area is 162 Å². The molecule has 0 radical (unpaired) electrons. The standard InChI is InChI=1S/C24H26O2Si/c1-20(17-25-18-21-19-26-21)27(22-11-5-2-6-12-22,23-13-7-3-8-14-23)24-15-9-4-10-16-24/h2-16,20-21H,17-19H2,1H3. The first-order valence-corrected chi connectivity index (χ1v) is 11.8. The molecule has 1 heterocycles. The van der Waals surface area contributed by atoms with Crippen LogP contribution in [-0.4, -0.2) is 34.0 Å². The second kappa shape index (κ2) is 8.22. The molecule has 4 rings (SSSR count). The minimum absolute atomic E-state index is 0.304. The molecule has 2 unspecified atom stereocenters. The van der Waals surface area contributed by atoms with Crippen molar-refractivity contribution in [3.63, 3.8) is 0 Å². The van der Waals surface area contributed by atoms with Gasteiger partial charge in [0.15, 0.2) is 8.07 Å². The molecule has 0 aromatic heterocycles. The monoisotopic (exact) mass is 374 g/mol. The zero-order valence-corrected chi connectivity index (χ0v) is 16.8. The third kappa shape index (κ3) is 3.77. The van der Waals surface area contributed by atoms with Crippen LogP contribution < -0.4 is 15.6 Å². The molecular weight excluding hydrogens is 348 g/mol. The molecule has 3 aromatic rings. The first-order valence-electron chi connectivity index (χ1n) is 9.67. The summed E-state index contributed by atoms with van der Waals surface area (Å²) in [6.45, 7) is 4.64. The molecule has 2 nitrogen and oxygen atoms in total. The molecule has 2 atom stereocenters. The SMILES string of the molecule is CC(COCC1CO1)[Si](c1ccccc1)(c1ccccc1)c1ccccc1. The van der Waals surface area contributed by atoms with Gasteiger partial charge in [-0.15, -0.1) is 0 Å². The Morgan fingerprint density at radius 1 is 0.815 bits per heavy atom. The molecule has 0 spiro atoms. The highest BCUT2D eigenvalue weighted by atomic mass is 28.3. The molecule has 1 aliphatic rings. The lowest BCUT2D eigenvalue weighted by molar-refractivity contribution is 0.116. The Kier molecular flexibility index (Phi) is 5.53. The molecule has 0 saturated carbocycles. The van der Waals surface area contributed by atoms with Crippen molar-refractivity contribution >= 4 is 23.6 Å². The van der Waals surface area contributed by atoms with Gasteiger partial charge in [0.1, 0.15) is 6.10 Å². The fourth-order valence-electron chi connectivity index (χ4n) is 4.12. The molecule has 27 heavy (non-hydrogen) atoms. The van der Waals surface area contributed by atoms with Crippen molar-refractivity contribution in [2.45, 2.75) is 18.6 Å². The summed E-state index contributed by atoms with van der Waals surface area (Å²) in [5.41, 5.74) is 0.392. The van der Waals surface area contributed by atoms with Crippen LogP contribution in [0, 0.1) is 0 Å². The van der Waals surface area contributed by atoms with Crippen molar-refractivity contribution in [1.82, 2.24) is 0 Å². The predicted octanol–water partition coefficient (Wildman–Crippen LogP) is 2.96. The van der Waals surface area contributed by atoms with Gasteiger partial charge in [-0.2, -0.15) is 0 Å². The third-order valence-electron chi connectivity index (χ3n) is 5.50. The molecular formula is C24H26O2Si. The Morgan fingerprint density at radius 2 is 1.22 bits per heavy atom. The number of hydrogen-bond donors (Lipinski definition) is 0. The molecule has 1 saturated heterocycles. The fourth-order valence-corrected chi connectivity index (χ4v) is 9.35. The topological polar surface area (TPSA) is 21.8 Å². The molecule has 0 aliphatic carbocycles. The lowest BCUT2D eigenvalue weighted by atomic mass is 10.3. The Morgan fingerprint density at radius 3 is 1.59 bits per heavy atom. The van der Waals surface area contributed by atoms with E-state index in [9.17, 15) is 0 Å². The highest BCUT2D eigenvalue weighted by Crippen LogP contribution is 2.23. The average molecular weight is 375 g/mol. The van der Waals surface area contributed by atoms with Crippen LogP contribution in [0.3, 0.4) is 0 Å². The van der Waals surface area contributed by atoms with E-state index in [1.54, 1.807) is 0 Å². The Balaban J connectivity index is 1.83. The van der Waals surface area contributed by atoms with Crippen molar-refractivity contribution in [2.24, 2.45) is 0 Å². The van der Waals surface area contributed by atoms with Gasteiger partial charge in [0.05, 0.1) is 13.2 Å². The van der Waals surface area contributed by atoms with E-state index in [0.717, 1.165) is 13.2 Å². The van der Waals surface area contributed by atoms with E-state index >= 15 is 0 Å². The summed E-state index contributed by atoms with van der Waals surface area (Å²) >= 11 is 0. The Bertz CT molecular complexity index is 735. The maximum absolute atomic E-state index is 6.10. The summed E-state index contributed by atoms with van der Waals surface area (Å²) in [6, 6.07) is 33.1. The quantitative estimate of drug-likeness (QED) is 0.343. The van der Waals surface area contributed by atoms with Gasteiger partial charge in [0.25, 0.3) is 0 Å². The molecule has 138 valence electrons. The minimum atomic E-state index is -2.24. The molecule has 0 bridgehead atoms. The molecule has 3 heteroatoms. The number of hydrogen-bond acceptors (Lipinski definition) is 2. The summed E-state index contributed by atoms with van der Waals surface area (Å²) in [4.78, 5) is 0. The van der Waals surface area contributed by atoms with Gasteiger partial charge in [-0.25, -0.2) is 0 Å². The van der Waals surface area contributed by atoms with E-state index in [-0.39, 0.29) is 0 Å². The van der Waals surface area contributed by atoms with Crippen molar-refractivity contribution in [1.29, 1.82) is 0 Å². The van der Waals surface area contributed by atoms with E-state index in [1.165, 1.54) is 15.6 Å².